The molecule has 26 heavy (non-hydrogen) atoms. The van der Waals surface area contributed by atoms with Crippen LogP contribution in [0.1, 0.15) is 50.7 Å². The van der Waals surface area contributed by atoms with E-state index in [0.717, 1.165) is 49.0 Å². The van der Waals surface area contributed by atoms with Crippen molar-refractivity contribution in [3.63, 3.8) is 0 Å². The second-order valence-corrected chi connectivity index (χ2v) is 12.2. The first-order chi connectivity index (χ1) is 12.1. The van der Waals surface area contributed by atoms with E-state index in [2.05, 4.69) is 32.2 Å². The number of aryl methyl sites for hydroxylation is 2. The topological polar surface area (TPSA) is 26.3 Å². The molecule has 0 fully saturated rings. The van der Waals surface area contributed by atoms with Gasteiger partial charge in [-0.25, -0.2) is 0 Å². The van der Waals surface area contributed by atoms with Crippen molar-refractivity contribution in [2.75, 3.05) is 0 Å². The number of hydrogen-bond acceptors (Lipinski definition) is 3. The van der Waals surface area contributed by atoms with E-state index in [0.29, 0.717) is 5.75 Å². The van der Waals surface area contributed by atoms with Gasteiger partial charge in [0.2, 0.25) is 0 Å². The minimum atomic E-state index is -3.14. The summed E-state index contributed by atoms with van der Waals surface area (Å²) in [5.74, 6) is -2.46. The summed E-state index contributed by atoms with van der Waals surface area (Å²) >= 11 is 5.63. The van der Waals surface area contributed by atoms with Gasteiger partial charge >= 0.3 is 54.7 Å². The molecule has 2 aromatic rings. The first-order valence-electron chi connectivity index (χ1n) is 8.93. The van der Waals surface area contributed by atoms with Crippen molar-refractivity contribution in [3.8, 4) is 5.75 Å². The van der Waals surface area contributed by atoms with Gasteiger partial charge in [0.1, 0.15) is 5.75 Å². The quantitative estimate of drug-likeness (QED) is 0.210. The third kappa shape index (κ3) is 8.40. The van der Waals surface area contributed by atoms with Gasteiger partial charge in [0, 0.05) is 4.90 Å². The van der Waals surface area contributed by atoms with Gasteiger partial charge in [-0.15, -0.1) is 0 Å². The van der Waals surface area contributed by atoms with Gasteiger partial charge in [0.05, 0.1) is 0 Å². The predicted molar refractivity (Wildman–Crippen MR) is 122 cm³/mol. The molecule has 0 aromatic heterocycles. The van der Waals surface area contributed by atoms with E-state index < -0.39 is 5.77 Å². The molecule has 2 nitrogen and oxygen atoms in total. The molecule has 0 saturated heterocycles. The second-order valence-electron chi connectivity index (χ2n) is 6.07. The standard InChI is InChI=1S/C20H27O2PS2.Ba.2H/c1-3-5-11-17-13-7-9-15-19(17)22-23(21,24)25-20-16-10-8-14-18(20)12-6-4-2;;;/h7-10,13-16H,3-6,11-12H2,1-2H3,(H,21,24);;;. The Morgan fingerprint density at radius 2 is 1.46 bits per heavy atom. The van der Waals surface area contributed by atoms with Crippen LogP contribution < -0.4 is 4.52 Å². The van der Waals surface area contributed by atoms with Crippen LogP contribution in [0.2, 0.25) is 0 Å². The normalized spacial score (nSPS) is 12.9. The Bertz CT molecular complexity index is 667. The fourth-order valence-corrected chi connectivity index (χ4v) is 6.43. The Hall–Kier alpha value is 0.741. The summed E-state index contributed by atoms with van der Waals surface area (Å²) in [6.45, 7) is 4.34. The number of hydrogen-bond donors (Lipinski definition) is 1. The molecule has 0 N–H and O–H groups in total. The van der Waals surface area contributed by atoms with E-state index in [1.807, 2.05) is 42.5 Å². The van der Waals surface area contributed by atoms with Crippen molar-refractivity contribution in [3.05, 3.63) is 59.7 Å². The maximum atomic E-state index is 13.0. The van der Waals surface area contributed by atoms with E-state index >= 15 is 0 Å². The average molecular weight is 534 g/mol. The van der Waals surface area contributed by atoms with Gasteiger partial charge in [-0.2, -0.15) is 0 Å². The molecule has 2 rings (SSSR count). The SMILES string of the molecule is CCCCc1ccccc1OP(=O)(S)Sc1ccccc1CCCC.[BaH2]. The molecule has 0 aliphatic carbocycles. The molecule has 1 atom stereocenters. The van der Waals surface area contributed by atoms with Crippen molar-refractivity contribution in [2.24, 2.45) is 0 Å². The fourth-order valence-electron chi connectivity index (χ4n) is 2.60. The summed E-state index contributed by atoms with van der Waals surface area (Å²) in [5.41, 5.74) is 2.31. The molecule has 0 heterocycles. The van der Waals surface area contributed by atoms with Gasteiger partial charge in [-0.3, -0.25) is 4.57 Å². The first-order valence-corrected chi connectivity index (χ1v) is 13.1. The van der Waals surface area contributed by atoms with Crippen molar-refractivity contribution in [1.82, 2.24) is 0 Å². The molecule has 0 radical (unpaired) electrons. The molecule has 0 spiro atoms. The molecule has 140 valence electrons. The zero-order chi connectivity index (χ0) is 18.1. The molecule has 0 amide bonds. The number of benzene rings is 2. The van der Waals surface area contributed by atoms with Crippen molar-refractivity contribution >= 4 is 78.3 Å². The van der Waals surface area contributed by atoms with E-state index in [9.17, 15) is 4.57 Å². The molecule has 0 aliphatic heterocycles. The summed E-state index contributed by atoms with van der Waals surface area (Å²) in [6.07, 6.45) is 6.38. The Labute approximate surface area is 207 Å². The van der Waals surface area contributed by atoms with Crippen LogP contribution >= 0.6 is 29.4 Å². The summed E-state index contributed by atoms with van der Waals surface area (Å²) in [6, 6.07) is 15.9. The molecule has 0 bridgehead atoms. The number of thiol groups is 1. The van der Waals surface area contributed by atoms with Crippen molar-refractivity contribution < 1.29 is 9.09 Å². The van der Waals surface area contributed by atoms with E-state index in [1.165, 1.54) is 16.9 Å². The second kappa shape index (κ2) is 13.1. The maximum absolute atomic E-state index is 13.0. The van der Waals surface area contributed by atoms with Gasteiger partial charge < -0.3 is 4.52 Å². The van der Waals surface area contributed by atoms with Crippen LogP contribution in [0.4, 0.5) is 0 Å². The van der Waals surface area contributed by atoms with E-state index in [1.54, 1.807) is 0 Å². The van der Waals surface area contributed by atoms with Crippen molar-refractivity contribution in [2.45, 2.75) is 57.3 Å². The molecule has 2 aromatic carbocycles. The Kier molecular flexibility index (Phi) is 12.4. The molecular formula is C20H29BaO2PS2. The number of rotatable bonds is 10. The molecule has 0 saturated carbocycles. The van der Waals surface area contributed by atoms with Crippen LogP contribution in [0, 0.1) is 0 Å². The Morgan fingerprint density at radius 3 is 2.12 bits per heavy atom. The van der Waals surface area contributed by atoms with Crippen LogP contribution in [0.3, 0.4) is 0 Å². The van der Waals surface area contributed by atoms with Crippen LogP contribution in [0.25, 0.3) is 0 Å². The third-order valence-electron chi connectivity index (χ3n) is 3.97. The summed E-state index contributed by atoms with van der Waals surface area (Å²) in [5, 5.41) is 0. The predicted octanol–water partition coefficient (Wildman–Crippen LogP) is 6.66. The van der Waals surface area contributed by atoms with E-state index in [-0.39, 0.29) is 48.9 Å². The van der Waals surface area contributed by atoms with Gasteiger partial charge in [0.15, 0.2) is 0 Å². The van der Waals surface area contributed by atoms with Crippen LogP contribution in [-0.4, -0.2) is 48.9 Å². The Morgan fingerprint density at radius 1 is 0.923 bits per heavy atom. The van der Waals surface area contributed by atoms with Crippen LogP contribution in [0.15, 0.2) is 53.4 Å². The van der Waals surface area contributed by atoms with Crippen LogP contribution in [0.5, 0.6) is 5.75 Å². The van der Waals surface area contributed by atoms with Gasteiger partial charge in [-0.1, -0.05) is 75.3 Å². The monoisotopic (exact) mass is 534 g/mol. The van der Waals surface area contributed by atoms with Gasteiger partial charge in [0.25, 0.3) is 0 Å². The first kappa shape index (κ1) is 24.8. The molecular weight excluding hydrogens is 505 g/mol. The number of para-hydroxylation sites is 1. The molecule has 1 unspecified atom stereocenters. The zero-order valence-electron chi connectivity index (χ0n) is 15.0. The summed E-state index contributed by atoms with van der Waals surface area (Å²) in [4.78, 5) is 1.00. The van der Waals surface area contributed by atoms with Crippen molar-refractivity contribution in [1.29, 1.82) is 0 Å². The summed E-state index contributed by atoms with van der Waals surface area (Å²) < 4.78 is 18.9. The minimum absolute atomic E-state index is 0. The molecule has 0 aliphatic rings. The van der Waals surface area contributed by atoms with Gasteiger partial charge in [-0.05, 0) is 60.3 Å². The summed E-state index contributed by atoms with van der Waals surface area (Å²) in [7, 11) is 0. The molecule has 6 heteroatoms. The number of unbranched alkanes of at least 4 members (excludes halogenated alkanes) is 2. The Balaban J connectivity index is 0.00000338. The third-order valence-corrected chi connectivity index (χ3v) is 7.71. The zero-order valence-corrected chi connectivity index (χ0v) is 17.6. The fraction of sp³-hybridized carbons (Fsp3) is 0.400. The van der Waals surface area contributed by atoms with Crippen LogP contribution in [-0.2, 0) is 17.4 Å². The average Bonchev–Trinajstić information content (AvgIpc) is 2.59. The van der Waals surface area contributed by atoms with E-state index in [4.69, 9.17) is 4.52 Å².